The Bertz CT molecular complexity index is 1360. The molecule has 0 N–H and O–H groups in total. The summed E-state index contributed by atoms with van der Waals surface area (Å²) in [4.78, 5) is 36.5. The number of nitrogens with zero attached hydrogens (tertiary/aromatic N) is 3. The van der Waals surface area contributed by atoms with E-state index >= 15 is 0 Å². The van der Waals surface area contributed by atoms with E-state index in [0.29, 0.717) is 18.7 Å². The molecule has 2 heterocycles. The SMILES string of the molecule is Cc1ccccc1C(=O)N1CCc2cc(-c3cncc(CC(=O)Cc4ccccc4)n3)ccc21. The number of hydrogen-bond donors (Lipinski definition) is 0. The third-order valence-corrected chi connectivity index (χ3v) is 6.20. The second kappa shape index (κ2) is 9.40. The van der Waals surface area contributed by atoms with Crippen molar-refractivity contribution in [3.63, 3.8) is 0 Å². The molecule has 0 spiro atoms. The molecule has 4 aromatic rings. The van der Waals surface area contributed by atoms with Crippen molar-refractivity contribution in [3.8, 4) is 11.3 Å². The lowest BCUT2D eigenvalue weighted by atomic mass is 10.0. The Morgan fingerprint density at radius 1 is 0.912 bits per heavy atom. The molecule has 0 unspecified atom stereocenters. The van der Waals surface area contributed by atoms with Gasteiger partial charge in [0.2, 0.25) is 0 Å². The molecule has 1 aliphatic rings. The van der Waals surface area contributed by atoms with Gasteiger partial charge in [-0.15, -0.1) is 0 Å². The van der Waals surface area contributed by atoms with Crippen molar-refractivity contribution in [1.82, 2.24) is 9.97 Å². The summed E-state index contributed by atoms with van der Waals surface area (Å²) < 4.78 is 0. The average Bonchev–Trinajstić information content (AvgIpc) is 3.28. The second-order valence-corrected chi connectivity index (χ2v) is 8.64. The Morgan fingerprint density at radius 2 is 1.71 bits per heavy atom. The number of aryl methyl sites for hydroxylation is 1. The Balaban J connectivity index is 1.33. The molecule has 0 saturated carbocycles. The van der Waals surface area contributed by atoms with E-state index < -0.39 is 0 Å². The molecule has 0 bridgehead atoms. The van der Waals surface area contributed by atoms with Crippen molar-refractivity contribution >= 4 is 17.4 Å². The third kappa shape index (κ3) is 4.50. The second-order valence-electron chi connectivity index (χ2n) is 8.64. The Labute approximate surface area is 199 Å². The van der Waals surface area contributed by atoms with Crippen LogP contribution in [-0.4, -0.2) is 28.2 Å². The Morgan fingerprint density at radius 3 is 2.53 bits per heavy atom. The zero-order valence-corrected chi connectivity index (χ0v) is 19.1. The quantitative estimate of drug-likeness (QED) is 0.417. The maximum Gasteiger partial charge on any atom is 0.258 e. The number of rotatable bonds is 6. The van der Waals surface area contributed by atoms with Gasteiger partial charge in [0.25, 0.3) is 5.91 Å². The molecular weight excluding hydrogens is 422 g/mol. The fourth-order valence-electron chi connectivity index (χ4n) is 4.45. The lowest BCUT2D eigenvalue weighted by molar-refractivity contribution is -0.117. The van der Waals surface area contributed by atoms with E-state index in [2.05, 4.69) is 11.1 Å². The first-order chi connectivity index (χ1) is 16.6. The summed E-state index contributed by atoms with van der Waals surface area (Å²) in [5, 5.41) is 0. The molecule has 3 aromatic carbocycles. The Kier molecular flexibility index (Phi) is 6.00. The standard InChI is InChI=1S/C29H25N3O2/c1-20-7-5-6-10-26(20)29(34)32-14-13-23-16-22(11-12-28(23)32)27-19-30-18-24(31-27)17-25(33)15-21-8-3-2-4-9-21/h2-12,16,18-19H,13-15,17H2,1H3. The Hall–Kier alpha value is -4.12. The summed E-state index contributed by atoms with van der Waals surface area (Å²) in [6.45, 7) is 2.62. The minimum absolute atomic E-state index is 0.0308. The van der Waals surface area contributed by atoms with Crippen LogP contribution in [0.3, 0.4) is 0 Å². The molecule has 5 heteroatoms. The number of anilines is 1. The van der Waals surface area contributed by atoms with Crippen LogP contribution in [0.4, 0.5) is 5.69 Å². The number of amides is 1. The normalized spacial score (nSPS) is 12.4. The van der Waals surface area contributed by atoms with Crippen molar-refractivity contribution in [3.05, 3.63) is 113 Å². The molecule has 0 aliphatic carbocycles. The molecule has 0 fully saturated rings. The largest absolute Gasteiger partial charge is 0.308 e. The first-order valence-corrected chi connectivity index (χ1v) is 11.5. The van der Waals surface area contributed by atoms with Crippen molar-refractivity contribution in [2.45, 2.75) is 26.2 Å². The predicted octanol–water partition coefficient (Wildman–Crippen LogP) is 5.01. The van der Waals surface area contributed by atoms with Gasteiger partial charge < -0.3 is 4.90 Å². The first-order valence-electron chi connectivity index (χ1n) is 11.5. The van der Waals surface area contributed by atoms with Crippen molar-refractivity contribution in [2.75, 3.05) is 11.4 Å². The number of carbonyl (C=O) groups excluding carboxylic acids is 2. The van der Waals surface area contributed by atoms with Crippen molar-refractivity contribution in [2.24, 2.45) is 0 Å². The average molecular weight is 448 g/mol. The maximum absolute atomic E-state index is 13.1. The van der Waals surface area contributed by atoms with Gasteiger partial charge in [-0.05, 0) is 48.2 Å². The molecule has 1 amide bonds. The topological polar surface area (TPSA) is 63.2 Å². The van der Waals surface area contributed by atoms with E-state index in [1.54, 1.807) is 12.4 Å². The fourth-order valence-corrected chi connectivity index (χ4v) is 4.45. The van der Waals surface area contributed by atoms with Crippen LogP contribution in [-0.2, 0) is 24.1 Å². The number of aromatic nitrogens is 2. The molecule has 0 atom stereocenters. The van der Waals surface area contributed by atoms with E-state index in [0.717, 1.165) is 45.6 Å². The fraction of sp³-hybridized carbons (Fsp3) is 0.172. The van der Waals surface area contributed by atoms with Gasteiger partial charge in [-0.1, -0.05) is 54.6 Å². The highest BCUT2D eigenvalue weighted by Crippen LogP contribution is 2.33. The monoisotopic (exact) mass is 447 g/mol. The van der Waals surface area contributed by atoms with Gasteiger partial charge in [0.15, 0.2) is 0 Å². The van der Waals surface area contributed by atoms with Gasteiger partial charge in [-0.3, -0.25) is 14.6 Å². The summed E-state index contributed by atoms with van der Waals surface area (Å²) >= 11 is 0. The third-order valence-electron chi connectivity index (χ3n) is 6.20. The van der Waals surface area contributed by atoms with Gasteiger partial charge in [0.1, 0.15) is 5.78 Å². The summed E-state index contributed by atoms with van der Waals surface area (Å²) in [6.07, 6.45) is 4.81. The van der Waals surface area contributed by atoms with Crippen LogP contribution in [0, 0.1) is 6.92 Å². The lowest BCUT2D eigenvalue weighted by Crippen LogP contribution is -2.29. The first kappa shape index (κ1) is 21.7. The number of Topliss-reactive ketones (excluding diaryl/α,β-unsaturated/α-hetero) is 1. The van der Waals surface area contributed by atoms with E-state index in [9.17, 15) is 9.59 Å². The molecule has 0 saturated heterocycles. The maximum atomic E-state index is 13.1. The van der Waals surface area contributed by atoms with Crippen LogP contribution in [0.25, 0.3) is 11.3 Å². The summed E-state index contributed by atoms with van der Waals surface area (Å²) in [5.74, 6) is 0.139. The zero-order valence-electron chi connectivity index (χ0n) is 19.1. The molecule has 34 heavy (non-hydrogen) atoms. The number of ketones is 1. The molecule has 1 aromatic heterocycles. The van der Waals surface area contributed by atoms with Gasteiger partial charge in [0, 0.05) is 36.0 Å². The van der Waals surface area contributed by atoms with E-state index in [1.807, 2.05) is 78.6 Å². The van der Waals surface area contributed by atoms with Crippen LogP contribution in [0.15, 0.2) is 85.2 Å². The van der Waals surface area contributed by atoms with Gasteiger partial charge in [-0.25, -0.2) is 4.98 Å². The van der Waals surface area contributed by atoms with Crippen LogP contribution in [0.5, 0.6) is 0 Å². The lowest BCUT2D eigenvalue weighted by Gasteiger charge is -2.18. The van der Waals surface area contributed by atoms with Crippen LogP contribution < -0.4 is 4.90 Å². The van der Waals surface area contributed by atoms with Crippen LogP contribution in [0.1, 0.15) is 32.7 Å². The van der Waals surface area contributed by atoms with Crippen molar-refractivity contribution in [1.29, 1.82) is 0 Å². The highest BCUT2D eigenvalue weighted by Gasteiger charge is 2.26. The smallest absolute Gasteiger partial charge is 0.258 e. The summed E-state index contributed by atoms with van der Waals surface area (Å²) in [5.41, 5.74) is 7.11. The van der Waals surface area contributed by atoms with Gasteiger partial charge in [0.05, 0.1) is 24.0 Å². The van der Waals surface area contributed by atoms with E-state index in [-0.39, 0.29) is 18.1 Å². The molecule has 0 radical (unpaired) electrons. The number of hydrogen-bond acceptors (Lipinski definition) is 4. The summed E-state index contributed by atoms with van der Waals surface area (Å²) in [6, 6.07) is 23.5. The van der Waals surface area contributed by atoms with Crippen LogP contribution >= 0.6 is 0 Å². The zero-order chi connectivity index (χ0) is 23.5. The van der Waals surface area contributed by atoms with Crippen molar-refractivity contribution < 1.29 is 9.59 Å². The minimum Gasteiger partial charge on any atom is -0.308 e. The van der Waals surface area contributed by atoms with Gasteiger partial charge in [-0.2, -0.15) is 0 Å². The minimum atomic E-state index is 0.0308. The predicted molar refractivity (Wildman–Crippen MR) is 133 cm³/mol. The van der Waals surface area contributed by atoms with Crippen LogP contribution in [0.2, 0.25) is 0 Å². The summed E-state index contributed by atoms with van der Waals surface area (Å²) in [7, 11) is 0. The highest BCUT2D eigenvalue weighted by molar-refractivity contribution is 6.08. The van der Waals surface area contributed by atoms with Gasteiger partial charge >= 0.3 is 0 Å². The number of benzene rings is 3. The molecule has 5 nitrogen and oxygen atoms in total. The number of carbonyl (C=O) groups is 2. The molecule has 1 aliphatic heterocycles. The van der Waals surface area contributed by atoms with E-state index in [1.165, 1.54) is 0 Å². The molecule has 5 rings (SSSR count). The van der Waals surface area contributed by atoms with E-state index in [4.69, 9.17) is 4.98 Å². The highest BCUT2D eigenvalue weighted by atomic mass is 16.2. The molecule has 168 valence electrons. The molecular formula is C29H25N3O2. The number of fused-ring (bicyclic) bond motifs is 1.